The zero-order chi connectivity index (χ0) is 21.7. The van der Waals surface area contributed by atoms with E-state index in [-0.39, 0.29) is 5.69 Å². The standard InChI is InChI=1S/C11H15F3N2O2S.CHF3O3S/c1-3-16(4-2)10-7-5-6-9(8-10)15-19(17,18)11(12,13)14;2-1(3,4)8(5,6)7/h5-8,15H,3-4H2,1-2H3;(H,5,6,7). The van der Waals surface area contributed by atoms with Gasteiger partial charge in [0.25, 0.3) is 0 Å². The molecular formula is C12H16F6N2O5S2. The molecule has 0 amide bonds. The molecule has 0 spiro atoms. The van der Waals surface area contributed by atoms with Crippen LogP contribution in [0.2, 0.25) is 0 Å². The Labute approximate surface area is 151 Å². The van der Waals surface area contributed by atoms with Crippen molar-refractivity contribution in [2.24, 2.45) is 0 Å². The first-order valence-electron chi connectivity index (χ1n) is 6.94. The largest absolute Gasteiger partial charge is 0.522 e. The van der Waals surface area contributed by atoms with Crippen LogP contribution in [0.25, 0.3) is 0 Å². The van der Waals surface area contributed by atoms with Crippen molar-refractivity contribution in [1.29, 1.82) is 0 Å². The molecule has 0 fully saturated rings. The average Bonchev–Trinajstić information content (AvgIpc) is 2.46. The van der Waals surface area contributed by atoms with Gasteiger partial charge >= 0.3 is 31.2 Å². The predicted octanol–water partition coefficient (Wildman–Crippen LogP) is 3.19. The lowest BCUT2D eigenvalue weighted by atomic mass is 10.2. The number of sulfonamides is 1. The Hall–Kier alpha value is -1.74. The van der Waals surface area contributed by atoms with Crippen LogP contribution >= 0.6 is 0 Å². The molecule has 0 saturated heterocycles. The lowest BCUT2D eigenvalue weighted by molar-refractivity contribution is -0.0510. The smallest absolute Gasteiger partial charge is 0.372 e. The minimum atomic E-state index is -5.84. The Kier molecular flexibility index (Phi) is 8.39. The van der Waals surface area contributed by atoms with Crippen molar-refractivity contribution in [1.82, 2.24) is 0 Å². The van der Waals surface area contributed by atoms with E-state index in [1.807, 2.05) is 18.7 Å². The number of hydrogen-bond acceptors (Lipinski definition) is 5. The summed E-state index contributed by atoms with van der Waals surface area (Å²) in [6.07, 6.45) is 0. The second-order valence-corrected chi connectivity index (χ2v) is 7.78. The van der Waals surface area contributed by atoms with Gasteiger partial charge in [-0.3, -0.25) is 9.27 Å². The second-order valence-electron chi connectivity index (χ2n) is 4.69. The molecule has 1 aromatic rings. The number of alkyl halides is 6. The second kappa shape index (κ2) is 8.97. The summed E-state index contributed by atoms with van der Waals surface area (Å²) in [5.41, 5.74) is -10.3. The van der Waals surface area contributed by atoms with Crippen LogP contribution in [0.1, 0.15) is 13.8 Å². The van der Waals surface area contributed by atoms with E-state index < -0.39 is 31.2 Å². The first-order chi connectivity index (χ1) is 12.0. The van der Waals surface area contributed by atoms with E-state index in [2.05, 4.69) is 0 Å². The van der Waals surface area contributed by atoms with Crippen LogP contribution in [-0.4, -0.2) is 45.5 Å². The summed E-state index contributed by atoms with van der Waals surface area (Å²) < 4.78 is 118. The van der Waals surface area contributed by atoms with Crippen LogP contribution in [0.5, 0.6) is 0 Å². The Bertz CT molecular complexity index is 817. The molecular weight excluding hydrogens is 430 g/mol. The Balaban J connectivity index is 0.000000713. The van der Waals surface area contributed by atoms with Crippen molar-refractivity contribution < 1.29 is 47.7 Å². The fourth-order valence-corrected chi connectivity index (χ4v) is 2.12. The molecule has 0 bridgehead atoms. The lowest BCUT2D eigenvalue weighted by Crippen LogP contribution is -2.30. The summed E-state index contributed by atoms with van der Waals surface area (Å²) in [5, 5.41) is 0. The van der Waals surface area contributed by atoms with Gasteiger partial charge in [0.05, 0.1) is 5.69 Å². The Morgan fingerprint density at radius 2 is 1.41 bits per heavy atom. The number of halogens is 6. The normalized spacial score (nSPS) is 12.8. The topological polar surface area (TPSA) is 104 Å². The van der Waals surface area contributed by atoms with Gasteiger partial charge in [0.2, 0.25) is 0 Å². The number of hydrogen-bond donors (Lipinski definition) is 2. The van der Waals surface area contributed by atoms with Crippen molar-refractivity contribution in [3.63, 3.8) is 0 Å². The zero-order valence-corrected chi connectivity index (χ0v) is 15.5. The molecule has 0 saturated carbocycles. The van der Waals surface area contributed by atoms with Crippen molar-refractivity contribution in [2.75, 3.05) is 22.7 Å². The molecule has 0 aromatic heterocycles. The van der Waals surface area contributed by atoms with Gasteiger partial charge in [-0.1, -0.05) is 6.07 Å². The van der Waals surface area contributed by atoms with Crippen LogP contribution in [-0.2, 0) is 20.1 Å². The van der Waals surface area contributed by atoms with Crippen LogP contribution in [0, 0.1) is 0 Å². The molecule has 158 valence electrons. The van der Waals surface area contributed by atoms with Crippen molar-refractivity contribution in [2.45, 2.75) is 24.9 Å². The molecule has 15 heteroatoms. The highest BCUT2D eigenvalue weighted by atomic mass is 32.2. The maximum atomic E-state index is 12.2. The number of anilines is 2. The third-order valence-corrected chi connectivity index (χ3v) is 4.52. The Morgan fingerprint density at radius 3 is 1.74 bits per heavy atom. The van der Waals surface area contributed by atoms with E-state index in [1.165, 1.54) is 22.9 Å². The third-order valence-electron chi connectivity index (χ3n) is 2.82. The van der Waals surface area contributed by atoms with E-state index in [0.29, 0.717) is 18.8 Å². The predicted molar refractivity (Wildman–Crippen MR) is 86.2 cm³/mol. The highest BCUT2D eigenvalue weighted by Gasteiger charge is 2.46. The SMILES string of the molecule is CCN(CC)c1cccc(NS(=O)(=O)C(F)(F)F)c1.O=S(=O)(O)C(F)(F)F. The summed E-state index contributed by atoms with van der Waals surface area (Å²) in [7, 11) is -11.2. The van der Waals surface area contributed by atoms with Crippen molar-refractivity contribution >= 4 is 31.5 Å². The molecule has 27 heavy (non-hydrogen) atoms. The number of benzene rings is 1. The van der Waals surface area contributed by atoms with Gasteiger partial charge in [0, 0.05) is 18.8 Å². The summed E-state index contributed by atoms with van der Waals surface area (Å²) in [5.74, 6) is 0. The number of nitrogens with one attached hydrogen (secondary N) is 1. The van der Waals surface area contributed by atoms with E-state index in [1.54, 1.807) is 6.07 Å². The van der Waals surface area contributed by atoms with Crippen molar-refractivity contribution in [3.05, 3.63) is 24.3 Å². The third kappa shape index (κ3) is 7.80. The minimum Gasteiger partial charge on any atom is -0.372 e. The highest BCUT2D eigenvalue weighted by molar-refractivity contribution is 7.93. The van der Waals surface area contributed by atoms with E-state index in [4.69, 9.17) is 13.0 Å². The first kappa shape index (κ1) is 25.3. The van der Waals surface area contributed by atoms with E-state index in [0.717, 1.165) is 0 Å². The summed E-state index contributed by atoms with van der Waals surface area (Å²) >= 11 is 0. The molecule has 0 unspecified atom stereocenters. The maximum Gasteiger partial charge on any atom is 0.522 e. The van der Waals surface area contributed by atoms with Gasteiger partial charge in [-0.2, -0.15) is 43.2 Å². The monoisotopic (exact) mass is 446 g/mol. The van der Waals surface area contributed by atoms with E-state index in [9.17, 15) is 34.8 Å². The minimum absolute atomic E-state index is 0.110. The maximum absolute atomic E-state index is 12.2. The molecule has 0 atom stereocenters. The molecule has 7 nitrogen and oxygen atoms in total. The Morgan fingerprint density at radius 1 is 0.963 bits per heavy atom. The fourth-order valence-electron chi connectivity index (χ4n) is 1.57. The fraction of sp³-hybridized carbons (Fsp3) is 0.500. The van der Waals surface area contributed by atoms with Gasteiger partial charge in [0.15, 0.2) is 0 Å². The number of nitrogens with zero attached hydrogens (tertiary/aromatic N) is 1. The molecule has 0 aliphatic carbocycles. The van der Waals surface area contributed by atoms with Gasteiger partial charge in [-0.25, -0.2) is 0 Å². The molecule has 0 aliphatic heterocycles. The van der Waals surface area contributed by atoms with Crippen LogP contribution in [0.15, 0.2) is 24.3 Å². The zero-order valence-electron chi connectivity index (χ0n) is 13.8. The molecule has 0 aliphatic rings. The van der Waals surface area contributed by atoms with Crippen LogP contribution < -0.4 is 9.62 Å². The average molecular weight is 446 g/mol. The van der Waals surface area contributed by atoms with Crippen LogP contribution in [0.4, 0.5) is 37.7 Å². The number of rotatable bonds is 5. The van der Waals surface area contributed by atoms with Gasteiger partial charge in [0.1, 0.15) is 0 Å². The lowest BCUT2D eigenvalue weighted by Gasteiger charge is -2.21. The molecule has 1 aromatic carbocycles. The molecule has 0 heterocycles. The van der Waals surface area contributed by atoms with Crippen LogP contribution in [0.3, 0.4) is 0 Å². The summed E-state index contributed by atoms with van der Waals surface area (Å²) in [6, 6.07) is 5.85. The van der Waals surface area contributed by atoms with Crippen molar-refractivity contribution in [3.8, 4) is 0 Å². The first-order valence-corrected chi connectivity index (χ1v) is 9.86. The summed E-state index contributed by atoms with van der Waals surface area (Å²) in [4.78, 5) is 1.89. The quantitative estimate of drug-likeness (QED) is 0.409. The molecule has 0 radical (unpaired) electrons. The summed E-state index contributed by atoms with van der Waals surface area (Å²) in [6.45, 7) is 5.14. The highest BCUT2D eigenvalue weighted by Crippen LogP contribution is 2.27. The molecule has 2 N–H and O–H groups in total. The van der Waals surface area contributed by atoms with Gasteiger partial charge in [-0.15, -0.1) is 0 Å². The van der Waals surface area contributed by atoms with Gasteiger partial charge < -0.3 is 4.90 Å². The van der Waals surface area contributed by atoms with Gasteiger partial charge in [-0.05, 0) is 32.0 Å². The van der Waals surface area contributed by atoms with E-state index >= 15 is 0 Å². The molecule has 1 rings (SSSR count).